The Morgan fingerprint density at radius 1 is 0.413 bits per heavy atom. The van der Waals surface area contributed by atoms with E-state index in [1.807, 2.05) is 0 Å². The van der Waals surface area contributed by atoms with Gasteiger partial charge in [-0.05, 0) is 51.4 Å². The summed E-state index contributed by atoms with van der Waals surface area (Å²) in [4.78, 5) is 27.7. The number of carbonyl (C=O) groups is 2. The van der Waals surface area contributed by atoms with E-state index in [1.54, 1.807) is 0 Å². The van der Waals surface area contributed by atoms with Crippen molar-refractivity contribution < 1.29 is 23.3 Å². The fraction of sp³-hybridized carbons (Fsp3) is 0.893. The number of ether oxygens (including phenoxy) is 1. The largest absolute Gasteiger partial charge is 0.370 e. The van der Waals surface area contributed by atoms with E-state index in [0.717, 1.165) is 75.6 Å². The third kappa shape index (κ3) is 33.4. The number of allylic oxidation sites excluding steroid dienone is 2. The number of hydrogen-bond donors (Lipinski definition) is 2. The van der Waals surface area contributed by atoms with Gasteiger partial charge < -0.3 is 24.3 Å². The van der Waals surface area contributed by atoms with Crippen molar-refractivity contribution in [2.75, 3.05) is 54.5 Å². The van der Waals surface area contributed by atoms with Gasteiger partial charge in [-0.1, -0.05) is 208 Å². The smallest absolute Gasteiger partial charge is 0.251 e. The standard InChI is InChI=1S/C56H110N4O3/c1-11-17-21-25-29-31-33-37-41-45-51(43-39-35-27-23-19-13-3)55(61)57-53(15-5)59(7,8)47-49-63-50-48-60(9,10)54(16-6)58-56(62)52(44-40-36-28-24-20-14-4)46-42-38-34-32-30-26-22-18-12-2/h45-46,53-54H,11-44,47-50H2,1-10H3/p+2. The van der Waals surface area contributed by atoms with Crippen LogP contribution in [0.5, 0.6) is 0 Å². The first-order valence-electron chi connectivity index (χ1n) is 27.7. The summed E-state index contributed by atoms with van der Waals surface area (Å²) in [5.74, 6) is 0.263. The zero-order valence-corrected chi connectivity index (χ0v) is 44.3. The van der Waals surface area contributed by atoms with Crippen LogP contribution >= 0.6 is 0 Å². The molecule has 0 spiro atoms. The van der Waals surface area contributed by atoms with Crippen LogP contribution in [0.15, 0.2) is 23.3 Å². The second-order valence-electron chi connectivity index (χ2n) is 20.4. The summed E-state index contributed by atoms with van der Waals surface area (Å²) in [5, 5.41) is 6.96. The van der Waals surface area contributed by atoms with Crippen LogP contribution in [0.25, 0.3) is 0 Å². The molecule has 372 valence electrons. The molecule has 2 amide bonds. The van der Waals surface area contributed by atoms with Gasteiger partial charge in [-0.25, -0.2) is 0 Å². The lowest BCUT2D eigenvalue weighted by molar-refractivity contribution is -0.921. The van der Waals surface area contributed by atoms with Crippen molar-refractivity contribution in [1.82, 2.24) is 10.6 Å². The van der Waals surface area contributed by atoms with Gasteiger partial charge in [0.2, 0.25) is 0 Å². The Labute approximate surface area is 394 Å². The maximum Gasteiger partial charge on any atom is 0.251 e. The van der Waals surface area contributed by atoms with Crippen LogP contribution in [0, 0.1) is 0 Å². The molecule has 2 atom stereocenters. The third-order valence-corrected chi connectivity index (χ3v) is 13.8. The zero-order chi connectivity index (χ0) is 46.9. The molecular weight excluding hydrogens is 777 g/mol. The molecule has 0 heterocycles. The van der Waals surface area contributed by atoms with Gasteiger partial charge in [-0.15, -0.1) is 0 Å². The molecule has 0 aromatic carbocycles. The van der Waals surface area contributed by atoms with E-state index in [0.29, 0.717) is 22.2 Å². The molecule has 0 saturated carbocycles. The number of carbonyl (C=O) groups excluding carboxylic acids is 2. The Kier molecular flexibility index (Phi) is 40.6. The van der Waals surface area contributed by atoms with Crippen molar-refractivity contribution >= 4 is 11.8 Å². The zero-order valence-electron chi connectivity index (χ0n) is 44.3. The van der Waals surface area contributed by atoms with Crippen molar-refractivity contribution in [3.8, 4) is 0 Å². The van der Waals surface area contributed by atoms with E-state index in [2.05, 4.69) is 92.5 Å². The van der Waals surface area contributed by atoms with E-state index < -0.39 is 0 Å². The molecule has 0 aliphatic rings. The lowest BCUT2D eigenvalue weighted by Crippen LogP contribution is -2.59. The highest BCUT2D eigenvalue weighted by Gasteiger charge is 2.31. The lowest BCUT2D eigenvalue weighted by Gasteiger charge is -2.39. The topological polar surface area (TPSA) is 67.4 Å². The predicted octanol–water partition coefficient (Wildman–Crippen LogP) is 15.3. The highest BCUT2D eigenvalue weighted by molar-refractivity contribution is 5.93. The summed E-state index contributed by atoms with van der Waals surface area (Å²) in [6.07, 6.45) is 45.9. The number of nitrogens with one attached hydrogen (secondary N) is 2. The summed E-state index contributed by atoms with van der Waals surface area (Å²) in [6.45, 7) is 16.4. The monoisotopic (exact) mass is 889 g/mol. The molecule has 0 radical (unpaired) electrons. The van der Waals surface area contributed by atoms with E-state index in [4.69, 9.17) is 4.74 Å². The number of quaternary nitrogens is 2. The minimum atomic E-state index is 0.0261. The summed E-state index contributed by atoms with van der Waals surface area (Å²) in [7, 11) is 8.90. The molecule has 7 nitrogen and oxygen atoms in total. The number of hydrogen-bond acceptors (Lipinski definition) is 3. The van der Waals surface area contributed by atoms with Gasteiger partial charge in [0, 0.05) is 24.0 Å². The SMILES string of the molecule is CCCCCCCCCCC=C(CCCCCCCC)C(=O)NC(CC)[N+](C)(C)CCOCC[N+](C)(C)C(CC)NC(=O)C(=CCCCCCCCCCC)CCCCCCCC. The van der Waals surface area contributed by atoms with Gasteiger partial charge in [0.05, 0.1) is 41.4 Å². The van der Waals surface area contributed by atoms with Crippen LogP contribution in [0.2, 0.25) is 0 Å². The molecule has 63 heavy (non-hydrogen) atoms. The Hall–Kier alpha value is -1.70. The fourth-order valence-electron chi connectivity index (χ4n) is 8.96. The van der Waals surface area contributed by atoms with Gasteiger partial charge in [-0.2, -0.15) is 0 Å². The van der Waals surface area contributed by atoms with Crippen molar-refractivity contribution in [2.24, 2.45) is 0 Å². The Morgan fingerprint density at radius 2 is 0.683 bits per heavy atom. The number of likely N-dealkylation sites (N-methyl/N-ethyl adjacent to an activating group) is 2. The van der Waals surface area contributed by atoms with Crippen molar-refractivity contribution in [3.63, 3.8) is 0 Å². The number of unbranched alkanes of at least 4 members (excludes halogenated alkanes) is 26. The number of rotatable bonds is 46. The Balaban J connectivity index is 5.25. The van der Waals surface area contributed by atoms with Crippen LogP contribution in [-0.2, 0) is 14.3 Å². The Bertz CT molecular complexity index is 1050. The first-order valence-corrected chi connectivity index (χ1v) is 27.7. The molecule has 0 fully saturated rings. The first-order chi connectivity index (χ1) is 30.4. The Morgan fingerprint density at radius 3 is 0.968 bits per heavy atom. The molecule has 0 rings (SSSR count). The van der Waals surface area contributed by atoms with Crippen molar-refractivity contribution in [3.05, 3.63) is 23.3 Å². The van der Waals surface area contributed by atoms with E-state index >= 15 is 0 Å². The predicted molar refractivity (Wildman–Crippen MR) is 276 cm³/mol. The fourth-order valence-corrected chi connectivity index (χ4v) is 8.96. The molecule has 2 unspecified atom stereocenters. The van der Waals surface area contributed by atoms with Crippen molar-refractivity contribution in [1.29, 1.82) is 0 Å². The molecule has 0 aliphatic heterocycles. The molecular formula is C56H112N4O3+2. The van der Waals surface area contributed by atoms with Crippen LogP contribution in [0.1, 0.15) is 260 Å². The average molecular weight is 890 g/mol. The lowest BCUT2D eigenvalue weighted by atomic mass is 10.0. The number of nitrogens with zero attached hydrogens (tertiary/aromatic N) is 2. The number of amides is 2. The second kappa shape index (κ2) is 41.7. The molecule has 0 saturated heterocycles. The summed E-state index contributed by atoms with van der Waals surface area (Å²) >= 11 is 0. The van der Waals surface area contributed by atoms with E-state index in [9.17, 15) is 9.59 Å². The maximum atomic E-state index is 13.9. The highest BCUT2D eigenvalue weighted by Crippen LogP contribution is 2.19. The second-order valence-corrected chi connectivity index (χ2v) is 20.4. The summed E-state index contributed by atoms with van der Waals surface area (Å²) < 4.78 is 7.70. The van der Waals surface area contributed by atoms with Crippen molar-refractivity contribution in [2.45, 2.75) is 272 Å². The maximum absolute atomic E-state index is 13.9. The molecule has 7 heteroatoms. The molecule has 2 N–H and O–H groups in total. The first kappa shape index (κ1) is 61.3. The van der Waals surface area contributed by atoms with Crippen LogP contribution in [0.3, 0.4) is 0 Å². The normalized spacial score (nSPS) is 13.7. The summed E-state index contributed by atoms with van der Waals surface area (Å²) in [5.41, 5.74) is 1.99. The van der Waals surface area contributed by atoms with Gasteiger partial charge in [0.25, 0.3) is 11.8 Å². The van der Waals surface area contributed by atoms with Crippen LogP contribution < -0.4 is 10.6 Å². The minimum Gasteiger partial charge on any atom is -0.370 e. The third-order valence-electron chi connectivity index (χ3n) is 13.8. The van der Waals surface area contributed by atoms with E-state index in [-0.39, 0.29) is 24.1 Å². The van der Waals surface area contributed by atoms with Gasteiger partial charge in [-0.3, -0.25) is 9.59 Å². The molecule has 0 aromatic rings. The van der Waals surface area contributed by atoms with Gasteiger partial charge in [0.1, 0.15) is 13.1 Å². The molecule has 0 aliphatic carbocycles. The molecule has 0 bridgehead atoms. The van der Waals surface area contributed by atoms with E-state index in [1.165, 1.54) is 167 Å². The summed E-state index contributed by atoms with van der Waals surface area (Å²) in [6, 6.07) is 0. The molecule has 0 aromatic heterocycles. The van der Waals surface area contributed by atoms with Crippen LogP contribution in [-0.4, -0.2) is 87.6 Å². The van der Waals surface area contributed by atoms with Gasteiger partial charge >= 0.3 is 0 Å². The quantitative estimate of drug-likeness (QED) is 0.0277. The minimum absolute atomic E-state index is 0.0261. The van der Waals surface area contributed by atoms with Crippen LogP contribution in [0.4, 0.5) is 0 Å². The highest BCUT2D eigenvalue weighted by atomic mass is 16.5. The average Bonchev–Trinajstić information content (AvgIpc) is 3.26. The van der Waals surface area contributed by atoms with Gasteiger partial charge in [0.15, 0.2) is 12.3 Å².